The summed E-state index contributed by atoms with van der Waals surface area (Å²) in [6.07, 6.45) is 3.75. The summed E-state index contributed by atoms with van der Waals surface area (Å²) in [5.41, 5.74) is -1.31. The molecule has 18 heavy (non-hydrogen) atoms. The fourth-order valence-electron chi connectivity index (χ4n) is 2.85. The van der Waals surface area contributed by atoms with E-state index in [9.17, 15) is 9.90 Å². The topological polar surface area (TPSA) is 49.3 Å². The molecule has 0 radical (unpaired) electrons. The van der Waals surface area contributed by atoms with Crippen molar-refractivity contribution in [1.29, 1.82) is 0 Å². The third-order valence-corrected chi connectivity index (χ3v) is 4.63. The summed E-state index contributed by atoms with van der Waals surface area (Å²) in [5.74, 6) is 0.315. The van der Waals surface area contributed by atoms with E-state index in [0.717, 1.165) is 25.8 Å². The van der Waals surface area contributed by atoms with Gasteiger partial charge in [0.05, 0.1) is 11.1 Å². The standard InChI is InChI=1S/C15H29NO2/c1-6-13(3,4)12(17)15(16-7-2)10-8-14(5,18)9-11-15/h16,18H,6-11H2,1-5H3. The van der Waals surface area contributed by atoms with Gasteiger partial charge in [-0.25, -0.2) is 0 Å². The van der Waals surface area contributed by atoms with Crippen LogP contribution in [0.2, 0.25) is 0 Å². The highest BCUT2D eigenvalue weighted by molar-refractivity contribution is 5.93. The Kier molecular flexibility index (Phi) is 4.60. The lowest BCUT2D eigenvalue weighted by Gasteiger charge is -2.45. The molecule has 0 aromatic heterocycles. The maximum Gasteiger partial charge on any atom is 0.158 e. The molecule has 1 fully saturated rings. The van der Waals surface area contributed by atoms with Crippen molar-refractivity contribution in [2.75, 3.05) is 6.54 Å². The van der Waals surface area contributed by atoms with Crippen LogP contribution in [0.25, 0.3) is 0 Å². The van der Waals surface area contributed by atoms with E-state index in [-0.39, 0.29) is 5.41 Å². The molecule has 1 aliphatic carbocycles. The molecule has 0 amide bonds. The summed E-state index contributed by atoms with van der Waals surface area (Å²) >= 11 is 0. The molecule has 0 spiro atoms. The van der Waals surface area contributed by atoms with E-state index in [1.165, 1.54) is 0 Å². The summed E-state index contributed by atoms with van der Waals surface area (Å²) in [6.45, 7) is 10.8. The fraction of sp³-hybridized carbons (Fsp3) is 0.933. The van der Waals surface area contributed by atoms with E-state index in [2.05, 4.69) is 12.2 Å². The summed E-state index contributed by atoms with van der Waals surface area (Å²) < 4.78 is 0. The Hall–Kier alpha value is -0.410. The minimum atomic E-state index is -0.602. The van der Waals surface area contributed by atoms with Gasteiger partial charge in [-0.2, -0.15) is 0 Å². The zero-order valence-electron chi connectivity index (χ0n) is 12.6. The first-order chi connectivity index (χ1) is 8.19. The molecule has 1 saturated carbocycles. The maximum atomic E-state index is 12.8. The highest BCUT2D eigenvalue weighted by atomic mass is 16.3. The Labute approximate surface area is 111 Å². The van der Waals surface area contributed by atoms with Crippen LogP contribution in [0.4, 0.5) is 0 Å². The molecule has 1 rings (SSSR count). The van der Waals surface area contributed by atoms with E-state index in [1.807, 2.05) is 27.7 Å². The Morgan fingerprint density at radius 3 is 2.11 bits per heavy atom. The second kappa shape index (κ2) is 5.30. The molecule has 3 heteroatoms. The third-order valence-electron chi connectivity index (χ3n) is 4.63. The number of nitrogens with one attached hydrogen (secondary N) is 1. The van der Waals surface area contributed by atoms with Gasteiger partial charge in [-0.1, -0.05) is 27.7 Å². The van der Waals surface area contributed by atoms with Gasteiger partial charge in [-0.05, 0) is 45.6 Å². The number of ketones is 1. The van der Waals surface area contributed by atoms with Crippen molar-refractivity contribution in [3.8, 4) is 0 Å². The molecule has 2 N–H and O–H groups in total. The van der Waals surface area contributed by atoms with Gasteiger partial charge in [0.15, 0.2) is 5.78 Å². The van der Waals surface area contributed by atoms with Crippen molar-refractivity contribution >= 4 is 5.78 Å². The summed E-state index contributed by atoms with van der Waals surface area (Å²) in [5, 5.41) is 13.5. The molecule has 0 bridgehead atoms. The molecule has 0 aliphatic heterocycles. The Balaban J connectivity index is 2.93. The van der Waals surface area contributed by atoms with Crippen LogP contribution < -0.4 is 5.32 Å². The molecule has 3 nitrogen and oxygen atoms in total. The highest BCUT2D eigenvalue weighted by Crippen LogP contribution is 2.40. The first-order valence-corrected chi connectivity index (χ1v) is 7.21. The first kappa shape index (κ1) is 15.6. The molecule has 0 atom stereocenters. The lowest BCUT2D eigenvalue weighted by atomic mass is 9.66. The molecule has 106 valence electrons. The van der Waals surface area contributed by atoms with Crippen LogP contribution >= 0.6 is 0 Å². The van der Waals surface area contributed by atoms with Gasteiger partial charge < -0.3 is 10.4 Å². The minimum Gasteiger partial charge on any atom is -0.390 e. The Morgan fingerprint density at radius 1 is 1.22 bits per heavy atom. The van der Waals surface area contributed by atoms with Crippen LogP contribution in [-0.4, -0.2) is 28.6 Å². The van der Waals surface area contributed by atoms with Gasteiger partial charge in [0.2, 0.25) is 0 Å². The average Bonchev–Trinajstić information content (AvgIpc) is 2.31. The van der Waals surface area contributed by atoms with E-state index < -0.39 is 11.1 Å². The van der Waals surface area contributed by atoms with Crippen molar-refractivity contribution < 1.29 is 9.90 Å². The zero-order valence-corrected chi connectivity index (χ0v) is 12.6. The highest BCUT2D eigenvalue weighted by Gasteiger charge is 2.48. The minimum absolute atomic E-state index is 0.286. The third kappa shape index (κ3) is 3.12. The second-order valence-electron chi connectivity index (χ2n) is 6.68. The predicted octanol–water partition coefficient (Wildman–Crippen LogP) is 2.67. The quantitative estimate of drug-likeness (QED) is 0.794. The van der Waals surface area contributed by atoms with Crippen LogP contribution in [0.1, 0.15) is 66.7 Å². The number of carbonyl (C=O) groups is 1. The number of aliphatic hydroxyl groups is 1. The largest absolute Gasteiger partial charge is 0.390 e. The molecule has 1 aliphatic rings. The molecule has 0 aromatic rings. The van der Waals surface area contributed by atoms with Gasteiger partial charge >= 0.3 is 0 Å². The fourth-order valence-corrected chi connectivity index (χ4v) is 2.85. The Bertz CT molecular complexity index is 298. The second-order valence-corrected chi connectivity index (χ2v) is 6.68. The molecule has 0 saturated heterocycles. The maximum absolute atomic E-state index is 12.8. The van der Waals surface area contributed by atoms with E-state index in [4.69, 9.17) is 0 Å². The summed E-state index contributed by atoms with van der Waals surface area (Å²) in [7, 11) is 0. The lowest BCUT2D eigenvalue weighted by molar-refractivity contribution is -0.138. The SMILES string of the molecule is CCNC1(C(=O)C(C)(C)CC)CCC(C)(O)CC1. The Morgan fingerprint density at radius 2 is 1.72 bits per heavy atom. The number of Topliss-reactive ketones (excluding diaryl/α,β-unsaturated/α-hetero) is 1. The molecular formula is C15H29NO2. The number of hydrogen-bond acceptors (Lipinski definition) is 3. The normalized spacial score (nSPS) is 33.4. The predicted molar refractivity (Wildman–Crippen MR) is 74.6 cm³/mol. The number of likely N-dealkylation sites (N-methyl/N-ethyl adjacent to an activating group) is 1. The molecule has 0 unspecified atom stereocenters. The van der Waals surface area contributed by atoms with Crippen LogP contribution in [0, 0.1) is 5.41 Å². The van der Waals surface area contributed by atoms with Gasteiger partial charge in [-0.3, -0.25) is 4.79 Å². The van der Waals surface area contributed by atoms with Crippen LogP contribution in [0.15, 0.2) is 0 Å². The number of carbonyl (C=O) groups excluding carboxylic acids is 1. The van der Waals surface area contributed by atoms with E-state index >= 15 is 0 Å². The van der Waals surface area contributed by atoms with Crippen molar-refractivity contribution in [2.24, 2.45) is 5.41 Å². The van der Waals surface area contributed by atoms with Gasteiger partial charge in [0.1, 0.15) is 0 Å². The molecule has 0 heterocycles. The summed E-state index contributed by atoms with van der Waals surface area (Å²) in [4.78, 5) is 12.8. The first-order valence-electron chi connectivity index (χ1n) is 7.21. The lowest BCUT2D eigenvalue weighted by Crippen LogP contribution is -2.59. The van der Waals surface area contributed by atoms with Crippen LogP contribution in [0.3, 0.4) is 0 Å². The van der Waals surface area contributed by atoms with Crippen molar-refractivity contribution in [1.82, 2.24) is 5.32 Å². The van der Waals surface area contributed by atoms with Gasteiger partial charge in [-0.15, -0.1) is 0 Å². The number of hydrogen-bond donors (Lipinski definition) is 2. The molecular weight excluding hydrogens is 226 g/mol. The van der Waals surface area contributed by atoms with Crippen LogP contribution in [-0.2, 0) is 4.79 Å². The van der Waals surface area contributed by atoms with E-state index in [0.29, 0.717) is 18.6 Å². The van der Waals surface area contributed by atoms with Gasteiger partial charge in [0, 0.05) is 5.41 Å². The van der Waals surface area contributed by atoms with Crippen LogP contribution in [0.5, 0.6) is 0 Å². The smallest absolute Gasteiger partial charge is 0.158 e. The zero-order chi connectivity index (χ0) is 14.0. The average molecular weight is 255 g/mol. The molecule has 0 aromatic carbocycles. The summed E-state index contributed by atoms with van der Waals surface area (Å²) in [6, 6.07) is 0. The van der Waals surface area contributed by atoms with Crippen molar-refractivity contribution in [3.05, 3.63) is 0 Å². The van der Waals surface area contributed by atoms with Crippen molar-refractivity contribution in [3.63, 3.8) is 0 Å². The van der Waals surface area contributed by atoms with E-state index in [1.54, 1.807) is 0 Å². The van der Waals surface area contributed by atoms with Gasteiger partial charge in [0.25, 0.3) is 0 Å². The number of rotatable bonds is 5. The van der Waals surface area contributed by atoms with Crippen molar-refractivity contribution in [2.45, 2.75) is 77.9 Å². The monoisotopic (exact) mass is 255 g/mol.